The SMILES string of the molecule is CCOc1ccc([C@@H]2c3c(oc4cc(C)c(C)cc4c3=O)C(=O)N2c2ccccn2)cc1. The Hall–Kier alpha value is -3.93. The molecule has 0 N–H and O–H groups in total. The van der Waals surface area contributed by atoms with Gasteiger partial charge < -0.3 is 9.15 Å². The van der Waals surface area contributed by atoms with Gasteiger partial charge in [0.1, 0.15) is 17.2 Å². The molecule has 0 fully saturated rings. The molecule has 0 radical (unpaired) electrons. The Morgan fingerprint density at radius 1 is 1.03 bits per heavy atom. The molecule has 1 aliphatic rings. The average Bonchev–Trinajstić information content (AvgIpc) is 3.09. The Balaban J connectivity index is 1.77. The summed E-state index contributed by atoms with van der Waals surface area (Å²) in [5.74, 6) is 0.866. The zero-order valence-corrected chi connectivity index (χ0v) is 18.1. The van der Waals surface area contributed by atoms with Gasteiger partial charge in [-0.05, 0) is 73.9 Å². The number of benzene rings is 2. The lowest BCUT2D eigenvalue weighted by Gasteiger charge is -2.24. The predicted molar refractivity (Wildman–Crippen MR) is 122 cm³/mol. The van der Waals surface area contributed by atoms with Crippen LogP contribution in [0.1, 0.15) is 45.8 Å². The summed E-state index contributed by atoms with van der Waals surface area (Å²) < 4.78 is 11.6. The van der Waals surface area contributed by atoms with Crippen LogP contribution in [0.15, 0.2) is 70.0 Å². The number of hydrogen-bond acceptors (Lipinski definition) is 5. The third kappa shape index (κ3) is 3.07. The Kier molecular flexibility index (Phi) is 4.78. The van der Waals surface area contributed by atoms with Crippen molar-refractivity contribution in [2.45, 2.75) is 26.8 Å². The topological polar surface area (TPSA) is 72.6 Å². The van der Waals surface area contributed by atoms with Gasteiger partial charge in [-0.1, -0.05) is 18.2 Å². The van der Waals surface area contributed by atoms with E-state index in [1.54, 1.807) is 18.3 Å². The molecule has 0 unspecified atom stereocenters. The number of anilines is 1. The van der Waals surface area contributed by atoms with Gasteiger partial charge in [0.05, 0.1) is 23.6 Å². The van der Waals surface area contributed by atoms with Gasteiger partial charge in [-0.2, -0.15) is 0 Å². The van der Waals surface area contributed by atoms with Crippen LogP contribution < -0.4 is 15.1 Å². The van der Waals surface area contributed by atoms with E-state index < -0.39 is 6.04 Å². The smallest absolute Gasteiger partial charge is 0.296 e. The monoisotopic (exact) mass is 426 g/mol. The van der Waals surface area contributed by atoms with Crippen LogP contribution in [0.2, 0.25) is 0 Å². The minimum absolute atomic E-state index is 0.0651. The summed E-state index contributed by atoms with van der Waals surface area (Å²) in [6, 6.07) is 15.8. The minimum Gasteiger partial charge on any atom is -0.494 e. The molecule has 4 aromatic rings. The normalized spacial score (nSPS) is 15.3. The second-order valence-corrected chi connectivity index (χ2v) is 7.87. The van der Waals surface area contributed by atoms with Crippen LogP contribution >= 0.6 is 0 Å². The number of aryl methyl sites for hydroxylation is 2. The van der Waals surface area contributed by atoms with E-state index in [0.717, 1.165) is 22.4 Å². The fourth-order valence-electron chi connectivity index (χ4n) is 4.19. The summed E-state index contributed by atoms with van der Waals surface area (Å²) in [6.07, 6.45) is 1.62. The van der Waals surface area contributed by atoms with Crippen molar-refractivity contribution in [2.24, 2.45) is 0 Å². The number of hydrogen-bond donors (Lipinski definition) is 0. The molecule has 0 bridgehead atoms. The first kappa shape index (κ1) is 20.0. The van der Waals surface area contributed by atoms with E-state index in [2.05, 4.69) is 4.98 Å². The average molecular weight is 426 g/mol. The summed E-state index contributed by atoms with van der Waals surface area (Å²) in [6.45, 7) is 6.38. The first-order valence-electron chi connectivity index (χ1n) is 10.5. The molecule has 5 rings (SSSR count). The fourth-order valence-corrected chi connectivity index (χ4v) is 4.19. The minimum atomic E-state index is -0.648. The molecule has 0 saturated heterocycles. The summed E-state index contributed by atoms with van der Waals surface area (Å²) in [4.78, 5) is 33.1. The van der Waals surface area contributed by atoms with E-state index in [4.69, 9.17) is 9.15 Å². The first-order chi connectivity index (χ1) is 15.5. The Bertz CT molecular complexity index is 1390. The third-order valence-corrected chi connectivity index (χ3v) is 5.89. The van der Waals surface area contributed by atoms with Crippen molar-refractivity contribution in [1.82, 2.24) is 4.98 Å². The summed E-state index contributed by atoms with van der Waals surface area (Å²) >= 11 is 0. The van der Waals surface area contributed by atoms with Gasteiger partial charge in [-0.15, -0.1) is 0 Å². The zero-order valence-electron chi connectivity index (χ0n) is 18.1. The molecule has 6 heteroatoms. The van der Waals surface area contributed by atoms with Crippen molar-refractivity contribution < 1.29 is 13.9 Å². The lowest BCUT2D eigenvalue weighted by atomic mass is 9.97. The predicted octanol–water partition coefficient (Wildman–Crippen LogP) is 4.95. The van der Waals surface area contributed by atoms with Crippen LogP contribution in [0.5, 0.6) is 5.75 Å². The van der Waals surface area contributed by atoms with E-state index in [9.17, 15) is 9.59 Å². The lowest BCUT2D eigenvalue weighted by molar-refractivity contribution is 0.0970. The number of fused-ring (bicyclic) bond motifs is 2. The largest absolute Gasteiger partial charge is 0.494 e. The number of carbonyl (C=O) groups excluding carboxylic acids is 1. The molecule has 160 valence electrons. The van der Waals surface area contributed by atoms with Crippen LogP contribution in [0, 0.1) is 13.8 Å². The molecule has 0 spiro atoms. The maximum atomic E-state index is 13.7. The van der Waals surface area contributed by atoms with Crippen molar-refractivity contribution in [1.29, 1.82) is 0 Å². The molecule has 3 heterocycles. The van der Waals surface area contributed by atoms with Crippen molar-refractivity contribution in [3.63, 3.8) is 0 Å². The Morgan fingerprint density at radius 2 is 1.78 bits per heavy atom. The Morgan fingerprint density at radius 3 is 2.47 bits per heavy atom. The molecule has 1 aliphatic heterocycles. The second-order valence-electron chi connectivity index (χ2n) is 7.87. The van der Waals surface area contributed by atoms with Crippen LogP contribution in [0.25, 0.3) is 11.0 Å². The molecule has 0 aliphatic carbocycles. The van der Waals surface area contributed by atoms with Gasteiger partial charge in [-0.25, -0.2) is 4.98 Å². The third-order valence-electron chi connectivity index (χ3n) is 5.89. The quantitative estimate of drug-likeness (QED) is 0.462. The van der Waals surface area contributed by atoms with E-state index >= 15 is 0 Å². The van der Waals surface area contributed by atoms with Crippen LogP contribution in [-0.2, 0) is 0 Å². The van der Waals surface area contributed by atoms with Crippen molar-refractivity contribution in [2.75, 3.05) is 11.5 Å². The summed E-state index contributed by atoms with van der Waals surface area (Å²) in [7, 11) is 0. The van der Waals surface area contributed by atoms with Crippen molar-refractivity contribution in [3.8, 4) is 5.75 Å². The van der Waals surface area contributed by atoms with Gasteiger partial charge in [0, 0.05) is 6.20 Å². The number of amides is 1. The van der Waals surface area contributed by atoms with Crippen molar-refractivity contribution >= 4 is 22.7 Å². The van der Waals surface area contributed by atoms with Gasteiger partial charge in [0.2, 0.25) is 5.76 Å². The van der Waals surface area contributed by atoms with Gasteiger partial charge in [0.15, 0.2) is 5.43 Å². The number of ether oxygens (including phenoxy) is 1. The van der Waals surface area contributed by atoms with E-state index in [-0.39, 0.29) is 17.1 Å². The number of carbonyl (C=O) groups is 1. The second kappa shape index (κ2) is 7.64. The fraction of sp³-hybridized carbons (Fsp3) is 0.192. The Labute approximate surface area is 185 Å². The molecule has 1 atom stereocenters. The highest BCUT2D eigenvalue weighted by atomic mass is 16.5. The maximum absolute atomic E-state index is 13.7. The van der Waals surface area contributed by atoms with Crippen LogP contribution in [0.4, 0.5) is 5.82 Å². The number of nitrogens with zero attached hydrogens (tertiary/aromatic N) is 2. The molecule has 1 amide bonds. The summed E-state index contributed by atoms with van der Waals surface area (Å²) in [5.41, 5.74) is 3.32. The highest BCUT2D eigenvalue weighted by Crippen LogP contribution is 2.41. The van der Waals surface area contributed by atoms with Crippen LogP contribution in [0.3, 0.4) is 0 Å². The molecular weight excluding hydrogens is 404 g/mol. The van der Waals surface area contributed by atoms with E-state index in [1.807, 2.05) is 63.2 Å². The van der Waals surface area contributed by atoms with E-state index in [1.165, 1.54) is 4.90 Å². The molecule has 2 aromatic heterocycles. The lowest BCUT2D eigenvalue weighted by Crippen LogP contribution is -2.30. The number of aromatic nitrogens is 1. The van der Waals surface area contributed by atoms with Gasteiger partial charge in [0.25, 0.3) is 5.91 Å². The number of pyridine rings is 1. The number of rotatable bonds is 4. The van der Waals surface area contributed by atoms with Crippen LogP contribution in [-0.4, -0.2) is 17.5 Å². The van der Waals surface area contributed by atoms with Gasteiger partial charge in [-0.3, -0.25) is 14.5 Å². The highest BCUT2D eigenvalue weighted by Gasteiger charge is 2.44. The molecular formula is C26H22N2O4. The molecule has 0 saturated carbocycles. The van der Waals surface area contributed by atoms with Gasteiger partial charge >= 0.3 is 0 Å². The summed E-state index contributed by atoms with van der Waals surface area (Å²) in [5, 5.41) is 0.471. The van der Waals surface area contributed by atoms with E-state index in [0.29, 0.717) is 29.0 Å². The first-order valence-corrected chi connectivity index (χ1v) is 10.5. The maximum Gasteiger partial charge on any atom is 0.296 e. The van der Waals surface area contributed by atoms with Crippen molar-refractivity contribution in [3.05, 3.63) is 99.0 Å². The molecule has 2 aromatic carbocycles. The zero-order chi connectivity index (χ0) is 22.4. The molecule has 6 nitrogen and oxygen atoms in total. The molecule has 32 heavy (non-hydrogen) atoms. The highest BCUT2D eigenvalue weighted by molar-refractivity contribution is 6.10. The standard InChI is InChI=1S/C26H22N2O4/c1-4-31-18-10-8-17(9-11-18)23-22-24(29)19-13-15(2)16(3)14-20(19)32-25(22)26(30)28(23)21-7-5-6-12-27-21/h5-14,23H,4H2,1-3H3/t23-/m1/s1.